The lowest BCUT2D eigenvalue weighted by molar-refractivity contribution is -0.143. The summed E-state index contributed by atoms with van der Waals surface area (Å²) in [6.07, 6.45) is 1.86. The summed E-state index contributed by atoms with van der Waals surface area (Å²) in [7, 11) is -2.11. The fourth-order valence-corrected chi connectivity index (χ4v) is 8.86. The Bertz CT molecular complexity index is 1310. The van der Waals surface area contributed by atoms with Gasteiger partial charge in [0.05, 0.1) is 29.2 Å². The smallest absolute Gasteiger partial charge is 0.263 e. The maximum Gasteiger partial charge on any atom is 0.263 e. The zero-order valence-corrected chi connectivity index (χ0v) is 23.8. The maximum atomic E-state index is 13.0. The number of fused-ring (bicyclic) bond motifs is 2. The minimum atomic E-state index is -3.82. The molecule has 8 nitrogen and oxygen atoms in total. The van der Waals surface area contributed by atoms with Gasteiger partial charge in [0.15, 0.2) is 5.13 Å². The zero-order chi connectivity index (χ0) is 27.1. The van der Waals surface area contributed by atoms with Crippen molar-refractivity contribution in [1.29, 1.82) is 5.26 Å². The molecule has 11 heteroatoms. The van der Waals surface area contributed by atoms with E-state index in [2.05, 4.69) is 22.7 Å². The number of hydrogen-bond donors (Lipinski definition) is 2. The molecule has 4 rings (SSSR count). The van der Waals surface area contributed by atoms with E-state index in [1.54, 1.807) is 11.9 Å². The first kappa shape index (κ1) is 27.8. The van der Waals surface area contributed by atoms with Crippen molar-refractivity contribution in [1.82, 2.24) is 9.88 Å². The first-order valence-electron chi connectivity index (χ1n) is 12.5. The molecule has 2 aliphatic rings. The van der Waals surface area contributed by atoms with Crippen LogP contribution in [0.4, 0.5) is 5.13 Å². The third-order valence-corrected chi connectivity index (χ3v) is 11.0. The van der Waals surface area contributed by atoms with Gasteiger partial charge in [-0.1, -0.05) is 32.4 Å². The number of thiazole rings is 1. The predicted octanol–water partition coefficient (Wildman–Crippen LogP) is 4.66. The average molecular weight is 565 g/mol. The summed E-state index contributed by atoms with van der Waals surface area (Å²) in [4.78, 5) is 20.4. The van der Waals surface area contributed by atoms with Gasteiger partial charge >= 0.3 is 0 Å². The number of aromatic nitrogens is 1. The van der Waals surface area contributed by atoms with Gasteiger partial charge in [0.1, 0.15) is 0 Å². The number of hydrogen-bond acceptors (Lipinski definition) is 7. The van der Waals surface area contributed by atoms with E-state index in [0.29, 0.717) is 23.1 Å². The van der Waals surface area contributed by atoms with Crippen molar-refractivity contribution in [3.05, 3.63) is 39.9 Å². The number of benzene rings is 1. The standard InChI is InChI=1S/C26H33ClN4O4S2/c1-15(24(33)31(4)13-5-12-28)19-10-11-26(3)14-20-22(16(2)21(26)23(19)32)29-25(36-20)30-37(34,35)18-8-6-17(27)7-9-18/h6-9,15-16,19,21,23,32H,5,10-11,13-14H2,1-4H3,(H,29,30). The van der Waals surface area contributed by atoms with Crippen molar-refractivity contribution >= 4 is 44.0 Å². The number of rotatable bonds is 7. The van der Waals surface area contributed by atoms with Crippen molar-refractivity contribution in [2.75, 3.05) is 18.3 Å². The number of carbonyl (C=O) groups is 1. The van der Waals surface area contributed by atoms with E-state index < -0.39 is 16.1 Å². The second-order valence-electron chi connectivity index (χ2n) is 10.7. The Kier molecular flexibility index (Phi) is 7.92. The second kappa shape index (κ2) is 10.5. The van der Waals surface area contributed by atoms with Crippen molar-refractivity contribution in [2.24, 2.45) is 23.2 Å². The molecule has 1 amide bonds. The van der Waals surface area contributed by atoms with Crippen LogP contribution in [0.15, 0.2) is 29.2 Å². The third kappa shape index (κ3) is 5.37. The first-order chi connectivity index (χ1) is 17.4. The fourth-order valence-electron chi connectivity index (χ4n) is 6.24. The quantitative estimate of drug-likeness (QED) is 0.504. The predicted molar refractivity (Wildman–Crippen MR) is 144 cm³/mol. The summed E-state index contributed by atoms with van der Waals surface area (Å²) < 4.78 is 28.4. The van der Waals surface area contributed by atoms with Crippen LogP contribution in [0, 0.1) is 34.5 Å². The molecule has 0 spiro atoms. The van der Waals surface area contributed by atoms with Crippen molar-refractivity contribution in [2.45, 2.75) is 63.4 Å². The van der Waals surface area contributed by atoms with Crippen LogP contribution < -0.4 is 4.72 Å². The van der Waals surface area contributed by atoms with E-state index in [1.807, 2.05) is 13.8 Å². The minimum Gasteiger partial charge on any atom is -0.392 e. The number of amides is 1. The molecule has 0 aliphatic heterocycles. The molecule has 37 heavy (non-hydrogen) atoms. The zero-order valence-electron chi connectivity index (χ0n) is 21.4. The van der Waals surface area contributed by atoms with Crippen LogP contribution in [0.25, 0.3) is 0 Å². The third-order valence-electron chi connectivity index (χ3n) is 8.23. The fraction of sp³-hybridized carbons (Fsp3) is 0.577. The molecule has 200 valence electrons. The Morgan fingerprint density at radius 1 is 1.41 bits per heavy atom. The lowest BCUT2D eigenvalue weighted by Crippen LogP contribution is -2.53. The molecule has 1 aromatic carbocycles. The van der Waals surface area contributed by atoms with Crippen molar-refractivity contribution < 1.29 is 18.3 Å². The van der Waals surface area contributed by atoms with E-state index in [0.717, 1.165) is 23.4 Å². The van der Waals surface area contributed by atoms with Gasteiger partial charge in [0.2, 0.25) is 5.91 Å². The maximum absolute atomic E-state index is 13.0. The summed E-state index contributed by atoms with van der Waals surface area (Å²) >= 11 is 7.24. The molecule has 2 aliphatic carbocycles. The summed E-state index contributed by atoms with van der Waals surface area (Å²) in [5.41, 5.74) is 0.627. The lowest BCUT2D eigenvalue weighted by Gasteiger charge is -2.53. The number of nitriles is 1. The van der Waals surface area contributed by atoms with Gasteiger partial charge in [-0.3, -0.25) is 9.52 Å². The number of nitrogens with zero attached hydrogens (tertiary/aromatic N) is 3. The molecule has 6 unspecified atom stereocenters. The van der Waals surface area contributed by atoms with Gasteiger partial charge in [0, 0.05) is 35.3 Å². The van der Waals surface area contributed by atoms with Gasteiger partial charge in [-0.2, -0.15) is 5.26 Å². The van der Waals surface area contributed by atoms with Crippen LogP contribution in [-0.4, -0.2) is 49.0 Å². The number of anilines is 1. The highest BCUT2D eigenvalue weighted by molar-refractivity contribution is 7.93. The van der Waals surface area contributed by atoms with Gasteiger partial charge < -0.3 is 10.0 Å². The highest BCUT2D eigenvalue weighted by Crippen LogP contribution is 2.57. The monoisotopic (exact) mass is 564 g/mol. The van der Waals surface area contributed by atoms with Crippen LogP contribution in [0.5, 0.6) is 0 Å². The van der Waals surface area contributed by atoms with Gasteiger partial charge in [-0.15, -0.1) is 11.3 Å². The van der Waals surface area contributed by atoms with Gasteiger partial charge in [-0.25, -0.2) is 13.4 Å². The average Bonchev–Trinajstić information content (AvgIpc) is 3.23. The molecule has 2 aromatic rings. The highest BCUT2D eigenvalue weighted by Gasteiger charge is 2.54. The molecular formula is C26H33ClN4O4S2. The number of halogens is 1. The number of carbonyl (C=O) groups excluding carboxylic acids is 1. The number of aliphatic hydroxyl groups is 1. The Morgan fingerprint density at radius 2 is 2.08 bits per heavy atom. The molecular weight excluding hydrogens is 532 g/mol. The lowest BCUT2D eigenvalue weighted by atomic mass is 9.53. The molecule has 2 N–H and O–H groups in total. The van der Waals surface area contributed by atoms with Crippen LogP contribution in [0.1, 0.15) is 56.5 Å². The largest absolute Gasteiger partial charge is 0.392 e. The molecule has 1 aromatic heterocycles. The molecule has 1 saturated carbocycles. The Labute approximate surface area is 227 Å². The molecule has 0 radical (unpaired) electrons. The topological polar surface area (TPSA) is 123 Å². The van der Waals surface area contributed by atoms with Crippen LogP contribution in [0.3, 0.4) is 0 Å². The number of nitrogens with one attached hydrogen (secondary N) is 1. The molecule has 1 heterocycles. The number of sulfonamides is 1. The van der Waals surface area contributed by atoms with E-state index >= 15 is 0 Å². The van der Waals surface area contributed by atoms with Crippen molar-refractivity contribution in [3.63, 3.8) is 0 Å². The summed E-state index contributed by atoms with van der Waals surface area (Å²) in [6.45, 7) is 6.46. The summed E-state index contributed by atoms with van der Waals surface area (Å²) in [5.74, 6) is -0.828. The SMILES string of the molecule is CC(C(=O)N(C)CCC#N)C1CCC2(C)Cc3sc(NS(=O)(=O)c4ccc(Cl)cc4)nc3C(C)C2C1O. The molecule has 0 saturated heterocycles. The number of aliphatic hydroxyl groups excluding tert-OH is 1. The van der Waals surface area contributed by atoms with Crippen LogP contribution >= 0.6 is 22.9 Å². The summed E-state index contributed by atoms with van der Waals surface area (Å²) in [5, 5.41) is 21.2. The van der Waals surface area contributed by atoms with E-state index in [-0.39, 0.29) is 46.3 Å². The normalized spacial score (nSPS) is 27.9. The second-order valence-corrected chi connectivity index (χ2v) is 13.9. The highest BCUT2D eigenvalue weighted by atomic mass is 35.5. The minimum absolute atomic E-state index is 0.0559. The Hall–Kier alpha value is -2.19. The van der Waals surface area contributed by atoms with E-state index in [9.17, 15) is 18.3 Å². The molecule has 0 bridgehead atoms. The Morgan fingerprint density at radius 3 is 2.73 bits per heavy atom. The van der Waals surface area contributed by atoms with E-state index in [4.69, 9.17) is 16.9 Å². The molecule has 1 fully saturated rings. The van der Waals surface area contributed by atoms with Gasteiger partial charge in [-0.05, 0) is 60.8 Å². The van der Waals surface area contributed by atoms with Crippen molar-refractivity contribution in [3.8, 4) is 6.07 Å². The molecule has 6 atom stereocenters. The van der Waals surface area contributed by atoms with Crippen LogP contribution in [0.2, 0.25) is 5.02 Å². The summed E-state index contributed by atoms with van der Waals surface area (Å²) in [6, 6.07) is 8.03. The van der Waals surface area contributed by atoms with Gasteiger partial charge in [0.25, 0.3) is 10.0 Å². The Balaban J connectivity index is 1.55. The van der Waals surface area contributed by atoms with Crippen LogP contribution in [-0.2, 0) is 21.2 Å². The van der Waals surface area contributed by atoms with E-state index in [1.165, 1.54) is 35.6 Å². The first-order valence-corrected chi connectivity index (χ1v) is 15.1.